The van der Waals surface area contributed by atoms with E-state index in [2.05, 4.69) is 9.97 Å². The van der Waals surface area contributed by atoms with Gasteiger partial charge in [0.25, 0.3) is 0 Å². The van der Waals surface area contributed by atoms with E-state index in [1.165, 1.54) is 11.2 Å². The summed E-state index contributed by atoms with van der Waals surface area (Å²) in [5, 5.41) is 0.968. The number of nitrogens with zero attached hydrogens (tertiary/aromatic N) is 2. The van der Waals surface area contributed by atoms with Gasteiger partial charge in [-0.15, -0.1) is 11.3 Å². The van der Waals surface area contributed by atoms with E-state index in [9.17, 15) is 0 Å². The van der Waals surface area contributed by atoms with E-state index in [1.807, 2.05) is 13.0 Å². The van der Waals surface area contributed by atoms with Gasteiger partial charge >= 0.3 is 0 Å². The van der Waals surface area contributed by atoms with Gasteiger partial charge in [-0.3, -0.25) is 0 Å². The van der Waals surface area contributed by atoms with E-state index in [1.54, 1.807) is 11.3 Å². The van der Waals surface area contributed by atoms with Gasteiger partial charge in [0.1, 0.15) is 17.0 Å². The monoisotopic (exact) mass is 165 g/mol. The summed E-state index contributed by atoms with van der Waals surface area (Å²) in [7, 11) is 0. The largest absolute Gasteiger partial charge is 0.383 e. The number of thiophene rings is 1. The fraction of sp³-hybridized carbons (Fsp3) is 0.143. The first kappa shape index (κ1) is 6.54. The molecule has 0 aromatic carbocycles. The average molecular weight is 165 g/mol. The summed E-state index contributed by atoms with van der Waals surface area (Å²) in [6.07, 6.45) is 1.49. The molecule has 0 aliphatic heterocycles. The minimum atomic E-state index is 0.569. The molecule has 0 atom stereocenters. The highest BCUT2D eigenvalue weighted by molar-refractivity contribution is 7.18. The van der Waals surface area contributed by atoms with Crippen LogP contribution in [0.15, 0.2) is 12.4 Å². The Morgan fingerprint density at radius 1 is 1.45 bits per heavy atom. The first-order valence-corrected chi connectivity index (χ1v) is 4.05. The van der Waals surface area contributed by atoms with Gasteiger partial charge in [-0.25, -0.2) is 9.97 Å². The Bertz CT molecular complexity index is 393. The van der Waals surface area contributed by atoms with Crippen LogP contribution in [0.3, 0.4) is 0 Å². The Hall–Kier alpha value is -1.16. The smallest absolute Gasteiger partial charge is 0.135 e. The van der Waals surface area contributed by atoms with Crippen molar-refractivity contribution in [3.8, 4) is 0 Å². The lowest BCUT2D eigenvalue weighted by Gasteiger charge is -1.90. The van der Waals surface area contributed by atoms with E-state index in [-0.39, 0.29) is 0 Å². The second-order valence-electron chi connectivity index (χ2n) is 2.33. The lowest BCUT2D eigenvalue weighted by Crippen LogP contribution is -1.89. The van der Waals surface area contributed by atoms with Crippen LogP contribution in [-0.2, 0) is 0 Å². The maximum Gasteiger partial charge on any atom is 0.135 e. The number of nitrogens with two attached hydrogens (primary N) is 1. The molecular weight excluding hydrogens is 158 g/mol. The maximum atomic E-state index is 5.63. The summed E-state index contributed by atoms with van der Waals surface area (Å²) >= 11 is 1.64. The van der Waals surface area contributed by atoms with Gasteiger partial charge in [0, 0.05) is 4.88 Å². The number of anilines is 1. The Morgan fingerprint density at radius 3 is 3.00 bits per heavy atom. The molecule has 2 rings (SSSR count). The molecule has 2 aromatic rings. The van der Waals surface area contributed by atoms with Crippen molar-refractivity contribution >= 4 is 27.4 Å². The predicted octanol–water partition coefficient (Wildman–Crippen LogP) is 1.58. The molecule has 0 amide bonds. The lowest BCUT2D eigenvalue weighted by atomic mass is 10.3. The molecule has 0 unspecified atom stereocenters. The molecule has 0 saturated carbocycles. The van der Waals surface area contributed by atoms with Crippen molar-refractivity contribution in [3.05, 3.63) is 17.3 Å². The van der Waals surface area contributed by atoms with E-state index >= 15 is 0 Å². The quantitative estimate of drug-likeness (QED) is 0.644. The Morgan fingerprint density at radius 2 is 2.27 bits per heavy atom. The SMILES string of the molecule is Cc1cc2c(N)ncnc2s1. The Kier molecular flexibility index (Phi) is 1.29. The van der Waals surface area contributed by atoms with Gasteiger partial charge in [0.2, 0.25) is 0 Å². The number of hydrogen-bond acceptors (Lipinski definition) is 4. The van der Waals surface area contributed by atoms with Gasteiger partial charge in [-0.1, -0.05) is 0 Å². The third-order valence-electron chi connectivity index (χ3n) is 1.48. The van der Waals surface area contributed by atoms with E-state index < -0.39 is 0 Å². The summed E-state index contributed by atoms with van der Waals surface area (Å²) in [6.45, 7) is 2.03. The molecule has 11 heavy (non-hydrogen) atoms. The summed E-state index contributed by atoms with van der Waals surface area (Å²) in [4.78, 5) is 10.2. The van der Waals surface area contributed by atoms with Crippen LogP contribution in [0, 0.1) is 6.92 Å². The molecule has 0 saturated heterocycles. The highest BCUT2D eigenvalue weighted by Gasteiger charge is 2.02. The van der Waals surface area contributed by atoms with Crippen LogP contribution in [0.5, 0.6) is 0 Å². The molecule has 0 radical (unpaired) electrons. The van der Waals surface area contributed by atoms with Crippen molar-refractivity contribution in [2.45, 2.75) is 6.92 Å². The highest BCUT2D eigenvalue weighted by atomic mass is 32.1. The van der Waals surface area contributed by atoms with Crippen LogP contribution in [0.4, 0.5) is 5.82 Å². The minimum Gasteiger partial charge on any atom is -0.383 e. The predicted molar refractivity (Wildman–Crippen MR) is 46.6 cm³/mol. The third kappa shape index (κ3) is 0.952. The highest BCUT2D eigenvalue weighted by Crippen LogP contribution is 2.25. The molecule has 4 heteroatoms. The molecule has 0 fully saturated rings. The fourth-order valence-corrected chi connectivity index (χ4v) is 1.85. The number of hydrogen-bond donors (Lipinski definition) is 1. The molecule has 3 nitrogen and oxygen atoms in total. The van der Waals surface area contributed by atoms with Crippen LogP contribution in [-0.4, -0.2) is 9.97 Å². The molecule has 0 bridgehead atoms. The molecule has 0 spiro atoms. The minimum absolute atomic E-state index is 0.569. The van der Waals surface area contributed by atoms with Gasteiger partial charge in [0.15, 0.2) is 0 Å². The number of fused-ring (bicyclic) bond motifs is 1. The van der Waals surface area contributed by atoms with Gasteiger partial charge < -0.3 is 5.73 Å². The van der Waals surface area contributed by atoms with Crippen molar-refractivity contribution in [2.24, 2.45) is 0 Å². The Labute approximate surface area is 67.9 Å². The summed E-state index contributed by atoms with van der Waals surface area (Å²) in [6, 6.07) is 2.01. The van der Waals surface area contributed by atoms with Crippen LogP contribution in [0.2, 0.25) is 0 Å². The van der Waals surface area contributed by atoms with Crippen LogP contribution < -0.4 is 5.73 Å². The zero-order valence-corrected chi connectivity index (χ0v) is 6.85. The summed E-state index contributed by atoms with van der Waals surface area (Å²) in [5.74, 6) is 0.569. The van der Waals surface area contributed by atoms with Crippen LogP contribution >= 0.6 is 11.3 Å². The van der Waals surface area contributed by atoms with Crippen molar-refractivity contribution < 1.29 is 0 Å². The fourth-order valence-electron chi connectivity index (χ4n) is 0.994. The molecule has 2 heterocycles. The first-order chi connectivity index (χ1) is 5.27. The van der Waals surface area contributed by atoms with Gasteiger partial charge in [0.05, 0.1) is 5.39 Å². The van der Waals surface area contributed by atoms with Crippen molar-refractivity contribution in [1.29, 1.82) is 0 Å². The van der Waals surface area contributed by atoms with E-state index in [0.717, 1.165) is 10.2 Å². The van der Waals surface area contributed by atoms with E-state index in [4.69, 9.17) is 5.73 Å². The van der Waals surface area contributed by atoms with Crippen molar-refractivity contribution in [2.75, 3.05) is 5.73 Å². The lowest BCUT2D eigenvalue weighted by molar-refractivity contribution is 1.24. The topological polar surface area (TPSA) is 51.8 Å². The number of aryl methyl sites for hydroxylation is 1. The van der Waals surface area contributed by atoms with Crippen molar-refractivity contribution in [1.82, 2.24) is 9.97 Å². The van der Waals surface area contributed by atoms with Crippen LogP contribution in [0.1, 0.15) is 4.88 Å². The standard InChI is InChI=1S/C7H7N3S/c1-4-2-5-6(8)9-3-10-7(5)11-4/h2-3H,1H3,(H2,8,9,10). The molecule has 56 valence electrons. The molecule has 0 aliphatic rings. The maximum absolute atomic E-state index is 5.63. The van der Waals surface area contributed by atoms with Crippen LogP contribution in [0.25, 0.3) is 10.2 Å². The molecular formula is C7H7N3S. The number of nitrogen functional groups attached to an aromatic ring is 1. The second kappa shape index (κ2) is 2.17. The average Bonchev–Trinajstić information content (AvgIpc) is 2.31. The van der Waals surface area contributed by atoms with Gasteiger partial charge in [-0.2, -0.15) is 0 Å². The molecule has 2 N–H and O–H groups in total. The number of rotatable bonds is 0. The molecule has 0 aliphatic carbocycles. The van der Waals surface area contributed by atoms with Gasteiger partial charge in [-0.05, 0) is 13.0 Å². The summed E-state index contributed by atoms with van der Waals surface area (Å²) < 4.78 is 0. The second-order valence-corrected chi connectivity index (χ2v) is 3.57. The first-order valence-electron chi connectivity index (χ1n) is 3.24. The zero-order chi connectivity index (χ0) is 7.84. The third-order valence-corrected chi connectivity index (χ3v) is 2.44. The normalized spacial score (nSPS) is 10.6. The van der Waals surface area contributed by atoms with Crippen molar-refractivity contribution in [3.63, 3.8) is 0 Å². The molecule has 2 aromatic heterocycles. The zero-order valence-electron chi connectivity index (χ0n) is 6.03. The summed E-state index contributed by atoms with van der Waals surface area (Å²) in [5.41, 5.74) is 5.63. The Balaban J connectivity index is 2.90. The number of aromatic nitrogens is 2. The van der Waals surface area contributed by atoms with E-state index in [0.29, 0.717) is 5.82 Å².